The molecule has 0 radical (unpaired) electrons. The van der Waals surface area contributed by atoms with E-state index in [0.717, 1.165) is 6.54 Å². The summed E-state index contributed by atoms with van der Waals surface area (Å²) >= 11 is 1.70. The van der Waals surface area contributed by atoms with Crippen LogP contribution in [0, 0.1) is 6.92 Å². The van der Waals surface area contributed by atoms with E-state index < -0.39 is 0 Å². The number of aromatic nitrogens is 2. The summed E-state index contributed by atoms with van der Waals surface area (Å²) in [5, 5.41) is 6.90. The van der Waals surface area contributed by atoms with Crippen LogP contribution in [0.4, 0.5) is 0 Å². The molecule has 0 aliphatic heterocycles. The van der Waals surface area contributed by atoms with E-state index in [1.807, 2.05) is 14.0 Å². The minimum atomic E-state index is 0.673. The Bertz CT molecular complexity index is 484. The minimum Gasteiger partial charge on any atom is -0.338 e. The van der Waals surface area contributed by atoms with Gasteiger partial charge in [-0.3, -0.25) is 0 Å². The van der Waals surface area contributed by atoms with Crippen molar-refractivity contribution in [2.45, 2.75) is 24.1 Å². The van der Waals surface area contributed by atoms with Crippen molar-refractivity contribution in [2.75, 3.05) is 7.05 Å². The van der Waals surface area contributed by atoms with Gasteiger partial charge < -0.3 is 9.84 Å². The summed E-state index contributed by atoms with van der Waals surface area (Å²) in [5.74, 6) is 2.07. The molecule has 1 aromatic heterocycles. The van der Waals surface area contributed by atoms with Gasteiger partial charge in [0.15, 0.2) is 5.82 Å². The van der Waals surface area contributed by atoms with Gasteiger partial charge in [-0.15, -0.1) is 11.8 Å². The Morgan fingerprint density at radius 3 is 3.00 bits per heavy atom. The molecule has 0 amide bonds. The predicted octanol–water partition coefficient (Wildman–Crippen LogP) is 2.39. The van der Waals surface area contributed by atoms with E-state index >= 15 is 0 Å². The van der Waals surface area contributed by atoms with E-state index in [9.17, 15) is 0 Å². The molecule has 0 aliphatic carbocycles. The third kappa shape index (κ3) is 3.57. The van der Waals surface area contributed by atoms with Gasteiger partial charge in [-0.2, -0.15) is 4.98 Å². The van der Waals surface area contributed by atoms with Gasteiger partial charge in [-0.1, -0.05) is 17.3 Å². The van der Waals surface area contributed by atoms with Gasteiger partial charge in [0.2, 0.25) is 5.89 Å². The van der Waals surface area contributed by atoms with Gasteiger partial charge in [-0.25, -0.2) is 0 Å². The fourth-order valence-corrected chi connectivity index (χ4v) is 2.31. The van der Waals surface area contributed by atoms with Crippen LogP contribution < -0.4 is 5.32 Å². The zero-order chi connectivity index (χ0) is 12.1. The number of hydrogen-bond acceptors (Lipinski definition) is 5. The van der Waals surface area contributed by atoms with Gasteiger partial charge in [-0.05, 0) is 31.7 Å². The zero-order valence-electron chi connectivity index (χ0n) is 9.93. The summed E-state index contributed by atoms with van der Waals surface area (Å²) in [6.45, 7) is 2.71. The van der Waals surface area contributed by atoms with Crippen molar-refractivity contribution >= 4 is 11.8 Å². The molecule has 17 heavy (non-hydrogen) atoms. The average Bonchev–Trinajstić information content (AvgIpc) is 2.74. The number of rotatable bonds is 5. The van der Waals surface area contributed by atoms with Crippen molar-refractivity contribution < 1.29 is 4.52 Å². The molecule has 5 heteroatoms. The molecule has 4 nitrogen and oxygen atoms in total. The largest absolute Gasteiger partial charge is 0.338 e. The second kappa shape index (κ2) is 5.84. The van der Waals surface area contributed by atoms with Crippen LogP contribution in [0.25, 0.3) is 0 Å². The lowest BCUT2D eigenvalue weighted by Gasteiger charge is -2.03. The summed E-state index contributed by atoms with van der Waals surface area (Å²) in [6.07, 6.45) is 0. The van der Waals surface area contributed by atoms with E-state index in [4.69, 9.17) is 4.52 Å². The highest BCUT2D eigenvalue weighted by Gasteiger charge is 2.03. The Hall–Kier alpha value is -1.33. The Morgan fingerprint density at radius 1 is 1.41 bits per heavy atom. The van der Waals surface area contributed by atoms with Gasteiger partial charge in [0.25, 0.3) is 0 Å². The maximum Gasteiger partial charge on any atom is 0.236 e. The van der Waals surface area contributed by atoms with Crippen LogP contribution >= 0.6 is 11.8 Å². The Morgan fingerprint density at radius 2 is 2.29 bits per heavy atom. The van der Waals surface area contributed by atoms with Crippen molar-refractivity contribution in [3.8, 4) is 0 Å². The quantitative estimate of drug-likeness (QED) is 0.825. The highest BCUT2D eigenvalue weighted by atomic mass is 32.2. The lowest BCUT2D eigenvalue weighted by molar-refractivity contribution is 0.387. The van der Waals surface area contributed by atoms with Crippen LogP contribution in [0.5, 0.6) is 0 Å². The van der Waals surface area contributed by atoms with Crippen molar-refractivity contribution in [3.05, 3.63) is 41.5 Å². The fraction of sp³-hybridized carbons (Fsp3) is 0.333. The summed E-state index contributed by atoms with van der Waals surface area (Å²) in [5.41, 5.74) is 1.28. The summed E-state index contributed by atoms with van der Waals surface area (Å²) in [7, 11) is 1.95. The normalized spacial score (nSPS) is 10.7. The average molecular weight is 249 g/mol. The number of hydrogen-bond donors (Lipinski definition) is 1. The predicted molar refractivity (Wildman–Crippen MR) is 67.8 cm³/mol. The van der Waals surface area contributed by atoms with Crippen LogP contribution in [0.1, 0.15) is 17.3 Å². The first-order chi connectivity index (χ1) is 8.28. The van der Waals surface area contributed by atoms with Crippen LogP contribution in [0.15, 0.2) is 33.7 Å². The molecule has 1 heterocycles. The van der Waals surface area contributed by atoms with Gasteiger partial charge >= 0.3 is 0 Å². The third-order valence-electron chi connectivity index (χ3n) is 2.21. The number of thioether (sulfide) groups is 1. The van der Waals surface area contributed by atoms with Crippen molar-refractivity contribution in [1.29, 1.82) is 0 Å². The van der Waals surface area contributed by atoms with Crippen LogP contribution in [-0.4, -0.2) is 17.2 Å². The van der Waals surface area contributed by atoms with E-state index in [0.29, 0.717) is 17.5 Å². The van der Waals surface area contributed by atoms with E-state index in [1.165, 1.54) is 10.5 Å². The molecule has 2 aromatic rings. The fourth-order valence-electron chi connectivity index (χ4n) is 1.49. The molecule has 0 unspecified atom stereocenters. The zero-order valence-corrected chi connectivity index (χ0v) is 10.8. The second-order valence-corrected chi connectivity index (χ2v) is 4.75. The maximum absolute atomic E-state index is 5.07. The lowest BCUT2D eigenvalue weighted by atomic mass is 10.2. The van der Waals surface area contributed by atoms with Crippen LogP contribution in [0.3, 0.4) is 0 Å². The third-order valence-corrected chi connectivity index (χ3v) is 3.19. The highest BCUT2D eigenvalue weighted by molar-refractivity contribution is 7.98. The summed E-state index contributed by atoms with van der Waals surface area (Å²) in [4.78, 5) is 5.39. The minimum absolute atomic E-state index is 0.673. The lowest BCUT2D eigenvalue weighted by Crippen LogP contribution is -2.04. The molecule has 0 saturated heterocycles. The van der Waals surface area contributed by atoms with Gasteiger partial charge in [0, 0.05) is 11.4 Å². The molecule has 0 spiro atoms. The SMILES string of the molecule is CNCc1cccc(SCc2nc(C)no2)c1. The molecule has 90 valence electrons. The number of benzene rings is 1. The first-order valence-electron chi connectivity index (χ1n) is 5.43. The molecular formula is C12H15N3OS. The summed E-state index contributed by atoms with van der Waals surface area (Å²) in [6, 6.07) is 8.43. The van der Waals surface area contributed by atoms with Crippen molar-refractivity contribution in [1.82, 2.24) is 15.5 Å². The number of nitrogens with zero attached hydrogens (tertiary/aromatic N) is 2. The standard InChI is InChI=1S/C12H15N3OS/c1-9-14-12(16-15-9)8-17-11-5-3-4-10(6-11)7-13-2/h3-6,13H,7-8H2,1-2H3. The van der Waals surface area contributed by atoms with E-state index in [-0.39, 0.29) is 0 Å². The molecule has 0 atom stereocenters. The molecule has 0 aliphatic rings. The van der Waals surface area contributed by atoms with Crippen molar-refractivity contribution in [2.24, 2.45) is 0 Å². The second-order valence-electron chi connectivity index (χ2n) is 3.70. The molecule has 1 aromatic carbocycles. The molecule has 0 bridgehead atoms. The smallest absolute Gasteiger partial charge is 0.236 e. The number of aryl methyl sites for hydroxylation is 1. The molecule has 0 fully saturated rings. The highest BCUT2D eigenvalue weighted by Crippen LogP contribution is 2.22. The van der Waals surface area contributed by atoms with E-state index in [1.54, 1.807) is 11.8 Å². The maximum atomic E-state index is 5.07. The topological polar surface area (TPSA) is 51.0 Å². The van der Waals surface area contributed by atoms with Crippen molar-refractivity contribution in [3.63, 3.8) is 0 Å². The Kier molecular flexibility index (Phi) is 4.17. The van der Waals surface area contributed by atoms with Gasteiger partial charge in [0.1, 0.15) is 0 Å². The number of nitrogens with one attached hydrogen (secondary N) is 1. The monoisotopic (exact) mass is 249 g/mol. The first kappa shape index (κ1) is 12.1. The molecule has 0 saturated carbocycles. The Balaban J connectivity index is 1.96. The van der Waals surface area contributed by atoms with E-state index in [2.05, 4.69) is 39.7 Å². The van der Waals surface area contributed by atoms with Gasteiger partial charge in [0.05, 0.1) is 5.75 Å². The van der Waals surface area contributed by atoms with Crippen LogP contribution in [0.2, 0.25) is 0 Å². The summed E-state index contributed by atoms with van der Waals surface area (Å²) < 4.78 is 5.07. The molecule has 2 rings (SSSR count). The molecule has 1 N–H and O–H groups in total. The molecular weight excluding hydrogens is 234 g/mol. The first-order valence-corrected chi connectivity index (χ1v) is 6.42. The Labute approximate surface area is 105 Å². The van der Waals surface area contributed by atoms with Crippen LogP contribution in [-0.2, 0) is 12.3 Å².